The minimum Gasteiger partial charge on any atom is -0.496 e. The van der Waals surface area contributed by atoms with Crippen LogP contribution in [0.15, 0.2) is 18.2 Å². The minimum absolute atomic E-state index is 0.144. The van der Waals surface area contributed by atoms with Crippen LogP contribution in [0.25, 0.3) is 0 Å². The molecule has 2 N–H and O–H groups in total. The first kappa shape index (κ1) is 15.2. The average Bonchev–Trinajstić information content (AvgIpc) is 2.89. The number of non-ortho nitro benzene ring substituents is 1. The largest absolute Gasteiger partial charge is 0.496 e. The van der Waals surface area contributed by atoms with Crippen LogP contribution in [-0.2, 0) is 0 Å². The first-order valence-electron chi connectivity index (χ1n) is 6.80. The number of hydrogen-bond acceptors (Lipinski definition) is 5. The highest BCUT2D eigenvalue weighted by atomic mass is 16.6. The van der Waals surface area contributed by atoms with E-state index >= 15 is 0 Å². The van der Waals surface area contributed by atoms with Crippen LogP contribution >= 0.6 is 0 Å². The van der Waals surface area contributed by atoms with Gasteiger partial charge in [0.15, 0.2) is 0 Å². The SMILES string of the molecule is COc1ccc([N+](=O)[O-])cc1C(=O)NCC1CCC(O)C1. The molecule has 1 saturated carbocycles. The molecular weight excluding hydrogens is 276 g/mol. The lowest BCUT2D eigenvalue weighted by atomic mass is 10.1. The molecule has 21 heavy (non-hydrogen) atoms. The molecule has 1 aromatic rings. The molecule has 2 rings (SSSR count). The average molecular weight is 294 g/mol. The predicted octanol–water partition coefficient (Wildman–Crippen LogP) is 1.49. The third kappa shape index (κ3) is 3.69. The second-order valence-corrected chi connectivity index (χ2v) is 5.18. The van der Waals surface area contributed by atoms with Crippen LogP contribution in [0.5, 0.6) is 5.75 Å². The van der Waals surface area contributed by atoms with E-state index in [2.05, 4.69) is 5.32 Å². The maximum atomic E-state index is 12.2. The van der Waals surface area contributed by atoms with Gasteiger partial charge < -0.3 is 15.2 Å². The number of aliphatic hydroxyl groups is 1. The zero-order valence-corrected chi connectivity index (χ0v) is 11.7. The van der Waals surface area contributed by atoms with Crippen LogP contribution in [0.2, 0.25) is 0 Å². The van der Waals surface area contributed by atoms with Crippen molar-refractivity contribution in [1.82, 2.24) is 5.32 Å². The molecule has 0 spiro atoms. The van der Waals surface area contributed by atoms with E-state index in [-0.39, 0.29) is 23.3 Å². The zero-order chi connectivity index (χ0) is 15.4. The Bertz CT molecular complexity index is 546. The molecule has 1 aliphatic rings. The van der Waals surface area contributed by atoms with Gasteiger partial charge in [0.2, 0.25) is 0 Å². The Kier molecular flexibility index (Phi) is 4.74. The highest BCUT2D eigenvalue weighted by Crippen LogP contribution is 2.26. The first-order chi connectivity index (χ1) is 10.0. The molecule has 0 heterocycles. The number of carbonyl (C=O) groups is 1. The summed E-state index contributed by atoms with van der Waals surface area (Å²) >= 11 is 0. The van der Waals surface area contributed by atoms with Gasteiger partial charge in [0.1, 0.15) is 5.75 Å². The number of carbonyl (C=O) groups excluding carboxylic acids is 1. The molecule has 7 nitrogen and oxygen atoms in total. The second-order valence-electron chi connectivity index (χ2n) is 5.18. The van der Waals surface area contributed by atoms with Crippen molar-refractivity contribution in [2.75, 3.05) is 13.7 Å². The highest BCUT2D eigenvalue weighted by molar-refractivity contribution is 5.97. The molecule has 114 valence electrons. The van der Waals surface area contributed by atoms with Gasteiger partial charge in [0, 0.05) is 18.7 Å². The molecule has 0 aromatic heterocycles. The number of aliphatic hydroxyl groups excluding tert-OH is 1. The van der Waals surface area contributed by atoms with Gasteiger partial charge in [-0.2, -0.15) is 0 Å². The third-order valence-electron chi connectivity index (χ3n) is 3.70. The Morgan fingerprint density at radius 1 is 1.52 bits per heavy atom. The van der Waals surface area contributed by atoms with E-state index < -0.39 is 10.8 Å². The van der Waals surface area contributed by atoms with Crippen molar-refractivity contribution in [2.24, 2.45) is 5.92 Å². The molecule has 0 radical (unpaired) electrons. The minimum atomic E-state index is -0.552. The lowest BCUT2D eigenvalue weighted by Gasteiger charge is -2.12. The Morgan fingerprint density at radius 2 is 2.29 bits per heavy atom. The standard InChI is InChI=1S/C14H18N2O5/c1-21-13-5-3-10(16(19)20)7-12(13)14(18)15-8-9-2-4-11(17)6-9/h3,5,7,9,11,17H,2,4,6,8H2,1H3,(H,15,18). The number of hydrogen-bond donors (Lipinski definition) is 2. The van der Waals surface area contributed by atoms with Crippen LogP contribution in [0, 0.1) is 16.0 Å². The highest BCUT2D eigenvalue weighted by Gasteiger charge is 2.24. The summed E-state index contributed by atoms with van der Waals surface area (Å²) in [5.41, 5.74) is -0.0116. The van der Waals surface area contributed by atoms with Crippen LogP contribution in [0.3, 0.4) is 0 Å². The molecule has 0 saturated heterocycles. The van der Waals surface area contributed by atoms with Gasteiger partial charge >= 0.3 is 0 Å². The summed E-state index contributed by atoms with van der Waals surface area (Å²) in [7, 11) is 1.41. The fraction of sp³-hybridized carbons (Fsp3) is 0.500. The van der Waals surface area contributed by atoms with Gasteiger partial charge in [-0.15, -0.1) is 0 Å². The molecule has 1 aromatic carbocycles. The Hall–Kier alpha value is -2.15. The fourth-order valence-electron chi connectivity index (χ4n) is 2.55. The normalized spacial score (nSPS) is 21.0. The number of benzene rings is 1. The van der Waals surface area contributed by atoms with E-state index in [0.29, 0.717) is 18.7 Å². The summed E-state index contributed by atoms with van der Waals surface area (Å²) in [6.45, 7) is 0.446. The lowest BCUT2D eigenvalue weighted by Crippen LogP contribution is -2.29. The van der Waals surface area contributed by atoms with Gasteiger partial charge in [-0.05, 0) is 31.2 Å². The fourth-order valence-corrected chi connectivity index (χ4v) is 2.55. The van der Waals surface area contributed by atoms with Gasteiger partial charge in [-0.1, -0.05) is 0 Å². The number of nitrogens with one attached hydrogen (secondary N) is 1. The smallest absolute Gasteiger partial charge is 0.270 e. The molecule has 1 amide bonds. The van der Waals surface area contributed by atoms with E-state index in [4.69, 9.17) is 4.74 Å². The van der Waals surface area contributed by atoms with Crippen molar-refractivity contribution < 1.29 is 19.6 Å². The second kappa shape index (κ2) is 6.53. The molecule has 1 aliphatic carbocycles. The van der Waals surface area contributed by atoms with Crippen molar-refractivity contribution in [3.8, 4) is 5.75 Å². The Labute approximate surface area is 122 Å². The number of rotatable bonds is 5. The van der Waals surface area contributed by atoms with Crippen LogP contribution in [0.1, 0.15) is 29.6 Å². The Morgan fingerprint density at radius 3 is 2.86 bits per heavy atom. The van der Waals surface area contributed by atoms with E-state index in [1.807, 2.05) is 0 Å². The van der Waals surface area contributed by atoms with Gasteiger partial charge in [-0.25, -0.2) is 0 Å². The monoisotopic (exact) mass is 294 g/mol. The van der Waals surface area contributed by atoms with E-state index in [1.54, 1.807) is 0 Å². The molecule has 1 fully saturated rings. The molecule has 7 heteroatoms. The predicted molar refractivity (Wildman–Crippen MR) is 75.3 cm³/mol. The third-order valence-corrected chi connectivity index (χ3v) is 3.70. The van der Waals surface area contributed by atoms with Crippen LogP contribution in [0.4, 0.5) is 5.69 Å². The summed E-state index contributed by atoms with van der Waals surface area (Å²) in [5, 5.41) is 23.0. The van der Waals surface area contributed by atoms with Crippen LogP contribution in [-0.4, -0.2) is 35.7 Å². The first-order valence-corrected chi connectivity index (χ1v) is 6.80. The molecule has 2 atom stereocenters. The summed E-state index contributed by atoms with van der Waals surface area (Å²) in [6, 6.07) is 3.91. The van der Waals surface area contributed by atoms with Gasteiger partial charge in [-0.3, -0.25) is 14.9 Å². The maximum absolute atomic E-state index is 12.2. The number of methoxy groups -OCH3 is 1. The quantitative estimate of drug-likeness (QED) is 0.633. The molecule has 0 bridgehead atoms. The van der Waals surface area contributed by atoms with Crippen molar-refractivity contribution in [3.05, 3.63) is 33.9 Å². The van der Waals surface area contributed by atoms with Crippen molar-refractivity contribution in [1.29, 1.82) is 0 Å². The number of nitro groups is 1. The van der Waals surface area contributed by atoms with Gasteiger partial charge in [0.25, 0.3) is 11.6 Å². The molecular formula is C14H18N2O5. The molecule has 2 unspecified atom stereocenters. The molecule has 0 aliphatic heterocycles. The number of nitrogens with zero attached hydrogens (tertiary/aromatic N) is 1. The van der Waals surface area contributed by atoms with E-state index in [0.717, 1.165) is 12.8 Å². The van der Waals surface area contributed by atoms with E-state index in [1.165, 1.54) is 25.3 Å². The van der Waals surface area contributed by atoms with Crippen molar-refractivity contribution >= 4 is 11.6 Å². The lowest BCUT2D eigenvalue weighted by molar-refractivity contribution is -0.384. The van der Waals surface area contributed by atoms with Crippen molar-refractivity contribution in [2.45, 2.75) is 25.4 Å². The van der Waals surface area contributed by atoms with Gasteiger partial charge in [0.05, 0.1) is 23.7 Å². The summed E-state index contributed by atoms with van der Waals surface area (Å²) < 4.78 is 5.07. The van der Waals surface area contributed by atoms with Crippen LogP contribution < -0.4 is 10.1 Å². The Balaban J connectivity index is 2.06. The number of amides is 1. The van der Waals surface area contributed by atoms with E-state index in [9.17, 15) is 20.0 Å². The number of ether oxygens (including phenoxy) is 1. The summed E-state index contributed by atoms with van der Waals surface area (Å²) in [4.78, 5) is 22.4. The topological polar surface area (TPSA) is 102 Å². The maximum Gasteiger partial charge on any atom is 0.270 e. The summed E-state index contributed by atoms with van der Waals surface area (Å²) in [5.74, 6) is 0.134. The number of nitro benzene ring substituents is 1. The van der Waals surface area contributed by atoms with Crippen molar-refractivity contribution in [3.63, 3.8) is 0 Å². The summed E-state index contributed by atoms with van der Waals surface area (Å²) in [6.07, 6.45) is 2.00. The zero-order valence-electron chi connectivity index (χ0n) is 11.7.